The van der Waals surface area contributed by atoms with Crippen molar-refractivity contribution >= 4 is 40.6 Å². The lowest BCUT2D eigenvalue weighted by atomic mass is 10.1. The van der Waals surface area contributed by atoms with Crippen molar-refractivity contribution in [1.82, 2.24) is 4.90 Å². The summed E-state index contributed by atoms with van der Waals surface area (Å²) in [4.78, 5) is 38.7. The van der Waals surface area contributed by atoms with E-state index in [1.165, 1.54) is 7.11 Å². The first-order valence-electron chi connectivity index (χ1n) is 9.68. The van der Waals surface area contributed by atoms with Gasteiger partial charge in [-0.2, -0.15) is 0 Å². The first-order valence-corrected chi connectivity index (χ1v) is 10.5. The fourth-order valence-electron chi connectivity index (χ4n) is 3.19. The van der Waals surface area contributed by atoms with Gasteiger partial charge >= 0.3 is 0 Å². The Morgan fingerprint density at radius 1 is 1.16 bits per heavy atom. The maximum atomic E-state index is 12.7. The molecule has 1 N–H and O–H groups in total. The highest BCUT2D eigenvalue weighted by Gasteiger charge is 2.36. The highest BCUT2D eigenvalue weighted by molar-refractivity contribution is 8.18. The van der Waals surface area contributed by atoms with Crippen LogP contribution in [0.3, 0.4) is 0 Å². The van der Waals surface area contributed by atoms with Crippen LogP contribution < -0.4 is 14.8 Å². The molecule has 32 heavy (non-hydrogen) atoms. The van der Waals surface area contributed by atoms with Crippen molar-refractivity contribution in [3.05, 3.63) is 58.0 Å². The summed E-state index contributed by atoms with van der Waals surface area (Å²) >= 11 is 0.781. The molecule has 0 bridgehead atoms. The number of amides is 3. The number of anilines is 1. The van der Waals surface area contributed by atoms with Crippen molar-refractivity contribution in [3.63, 3.8) is 0 Å². The number of imide groups is 1. The molecule has 1 saturated heterocycles. The predicted octanol–water partition coefficient (Wildman–Crippen LogP) is 4.00. The Labute approximate surface area is 190 Å². The molecule has 7 nitrogen and oxygen atoms in total. The number of hydrogen-bond acceptors (Lipinski definition) is 6. The van der Waals surface area contributed by atoms with E-state index >= 15 is 0 Å². The molecule has 0 radical (unpaired) electrons. The quantitative estimate of drug-likeness (QED) is 0.507. The molecule has 2 aromatic rings. The monoisotopic (exact) mass is 450 g/mol. The Hall–Kier alpha value is -3.70. The summed E-state index contributed by atoms with van der Waals surface area (Å²) in [5.41, 5.74) is 3.26. The van der Waals surface area contributed by atoms with Crippen LogP contribution in [0.25, 0.3) is 6.08 Å². The average molecular weight is 451 g/mol. The lowest BCUT2D eigenvalue weighted by molar-refractivity contribution is -0.127. The third-order valence-electron chi connectivity index (χ3n) is 4.48. The van der Waals surface area contributed by atoms with Crippen LogP contribution in [0.4, 0.5) is 10.5 Å². The predicted molar refractivity (Wildman–Crippen MR) is 125 cm³/mol. The summed E-state index contributed by atoms with van der Waals surface area (Å²) in [5, 5.41) is 2.23. The molecule has 2 aromatic carbocycles. The zero-order valence-corrected chi connectivity index (χ0v) is 18.7. The Bertz CT molecular complexity index is 1130. The summed E-state index contributed by atoms with van der Waals surface area (Å²) in [7, 11) is 1.49. The summed E-state index contributed by atoms with van der Waals surface area (Å²) < 4.78 is 10.7. The van der Waals surface area contributed by atoms with Gasteiger partial charge in [0.2, 0.25) is 5.91 Å². The summed E-state index contributed by atoms with van der Waals surface area (Å²) in [5.74, 6) is 2.32. The number of ether oxygens (including phenoxy) is 2. The van der Waals surface area contributed by atoms with E-state index in [0.29, 0.717) is 22.7 Å². The Kier molecular flexibility index (Phi) is 7.23. The molecule has 3 amide bonds. The van der Waals surface area contributed by atoms with E-state index in [1.54, 1.807) is 24.3 Å². The standard InChI is InChI=1S/C24H22N2O5S/c1-5-8-31-19-7-6-17(12-20(19)30-4)13-21-23(28)26(24(29)32-21)14-22(27)25-18-10-15(2)9-16(3)11-18/h1,6-7,9-13H,8,14H2,2-4H3,(H,25,27)/b21-13-. The molecule has 3 rings (SSSR count). The van der Waals surface area contributed by atoms with E-state index < -0.39 is 17.1 Å². The second-order valence-corrected chi connectivity index (χ2v) is 8.09. The molecule has 164 valence electrons. The van der Waals surface area contributed by atoms with Crippen molar-refractivity contribution in [2.24, 2.45) is 0 Å². The molecule has 1 aliphatic heterocycles. The topological polar surface area (TPSA) is 84.9 Å². The second-order valence-electron chi connectivity index (χ2n) is 7.10. The normalized spacial score (nSPS) is 14.4. The molecular formula is C24H22N2O5S. The van der Waals surface area contributed by atoms with Gasteiger partial charge in [0.05, 0.1) is 12.0 Å². The van der Waals surface area contributed by atoms with Gasteiger partial charge in [0, 0.05) is 5.69 Å². The number of terminal acetylenes is 1. The van der Waals surface area contributed by atoms with Crippen LogP contribution in [0.1, 0.15) is 16.7 Å². The number of methoxy groups -OCH3 is 1. The Balaban J connectivity index is 1.72. The third kappa shape index (κ3) is 5.50. The van der Waals surface area contributed by atoms with Gasteiger partial charge in [-0.1, -0.05) is 18.1 Å². The van der Waals surface area contributed by atoms with Gasteiger partial charge in [-0.25, -0.2) is 0 Å². The Morgan fingerprint density at radius 2 is 1.88 bits per heavy atom. The van der Waals surface area contributed by atoms with Gasteiger partial charge in [-0.15, -0.1) is 6.42 Å². The molecule has 0 aromatic heterocycles. The zero-order chi connectivity index (χ0) is 23.3. The average Bonchev–Trinajstić information content (AvgIpc) is 2.99. The summed E-state index contributed by atoms with van der Waals surface area (Å²) in [6.07, 6.45) is 6.78. The van der Waals surface area contributed by atoms with Crippen molar-refractivity contribution in [2.45, 2.75) is 13.8 Å². The van der Waals surface area contributed by atoms with Crippen molar-refractivity contribution in [1.29, 1.82) is 0 Å². The lowest BCUT2D eigenvalue weighted by Gasteiger charge is -2.13. The van der Waals surface area contributed by atoms with Crippen LogP contribution in [-0.4, -0.2) is 42.2 Å². The minimum absolute atomic E-state index is 0.0960. The molecule has 1 aliphatic rings. The largest absolute Gasteiger partial charge is 0.493 e. The molecule has 0 spiro atoms. The van der Waals surface area contributed by atoms with Crippen molar-refractivity contribution in [2.75, 3.05) is 25.6 Å². The highest BCUT2D eigenvalue weighted by Crippen LogP contribution is 2.34. The number of nitrogens with zero attached hydrogens (tertiary/aromatic N) is 1. The van der Waals surface area contributed by atoms with Crippen LogP contribution in [0.5, 0.6) is 11.5 Å². The van der Waals surface area contributed by atoms with Gasteiger partial charge in [-0.05, 0) is 72.6 Å². The summed E-state index contributed by atoms with van der Waals surface area (Å²) in [6, 6.07) is 10.7. The first-order chi connectivity index (χ1) is 15.3. The number of nitrogens with one attached hydrogen (secondary N) is 1. The Morgan fingerprint density at radius 3 is 2.53 bits per heavy atom. The lowest BCUT2D eigenvalue weighted by Crippen LogP contribution is -2.36. The van der Waals surface area contributed by atoms with Crippen molar-refractivity contribution in [3.8, 4) is 23.8 Å². The first kappa shape index (κ1) is 23.0. The van der Waals surface area contributed by atoms with Crippen LogP contribution in [0, 0.1) is 26.2 Å². The van der Waals surface area contributed by atoms with E-state index in [1.807, 2.05) is 32.0 Å². The van der Waals surface area contributed by atoms with E-state index in [-0.39, 0.29) is 18.1 Å². The van der Waals surface area contributed by atoms with Crippen LogP contribution >= 0.6 is 11.8 Å². The molecule has 8 heteroatoms. The third-order valence-corrected chi connectivity index (χ3v) is 5.38. The van der Waals surface area contributed by atoms with E-state index in [9.17, 15) is 14.4 Å². The number of benzene rings is 2. The number of carbonyl (C=O) groups is 3. The van der Waals surface area contributed by atoms with Crippen LogP contribution in [-0.2, 0) is 9.59 Å². The highest BCUT2D eigenvalue weighted by atomic mass is 32.2. The molecule has 0 saturated carbocycles. The van der Waals surface area contributed by atoms with Gasteiger partial charge < -0.3 is 14.8 Å². The van der Waals surface area contributed by atoms with E-state index in [4.69, 9.17) is 15.9 Å². The molecular weight excluding hydrogens is 428 g/mol. The van der Waals surface area contributed by atoms with E-state index in [0.717, 1.165) is 27.8 Å². The van der Waals surface area contributed by atoms with E-state index in [2.05, 4.69) is 11.2 Å². The molecule has 0 unspecified atom stereocenters. The van der Waals surface area contributed by atoms with Gasteiger partial charge in [-0.3, -0.25) is 19.3 Å². The minimum Gasteiger partial charge on any atom is -0.493 e. The fraction of sp³-hybridized carbons (Fsp3) is 0.208. The van der Waals surface area contributed by atoms with Crippen molar-refractivity contribution < 1.29 is 23.9 Å². The van der Waals surface area contributed by atoms with Gasteiger partial charge in [0.25, 0.3) is 11.1 Å². The number of aryl methyl sites for hydroxylation is 2. The zero-order valence-electron chi connectivity index (χ0n) is 17.9. The van der Waals surface area contributed by atoms with Crippen LogP contribution in [0.15, 0.2) is 41.3 Å². The molecule has 1 fully saturated rings. The minimum atomic E-state index is -0.526. The molecule has 0 aliphatic carbocycles. The number of thioether (sulfide) groups is 1. The summed E-state index contributed by atoms with van der Waals surface area (Å²) in [6.45, 7) is 3.58. The van der Waals surface area contributed by atoms with Gasteiger partial charge in [0.1, 0.15) is 13.2 Å². The maximum Gasteiger partial charge on any atom is 0.294 e. The number of hydrogen-bond donors (Lipinski definition) is 1. The van der Waals surface area contributed by atoms with Gasteiger partial charge in [0.15, 0.2) is 11.5 Å². The molecule has 0 atom stereocenters. The smallest absolute Gasteiger partial charge is 0.294 e. The molecule has 1 heterocycles. The maximum absolute atomic E-state index is 12.7. The second kappa shape index (κ2) is 10.1. The fourth-order valence-corrected chi connectivity index (χ4v) is 4.03. The SMILES string of the molecule is C#CCOc1ccc(/C=C2\SC(=O)N(CC(=O)Nc3cc(C)cc(C)c3)C2=O)cc1OC. The number of carbonyl (C=O) groups excluding carboxylic acids is 3. The van der Waals surface area contributed by atoms with Crippen LogP contribution in [0.2, 0.25) is 0 Å². The number of rotatable bonds is 7.